The molecule has 2 atom stereocenters. The number of unbranched alkanes of at least 4 members (excludes halogenated alkanes) is 21. The number of carbonyl (C=O) groups is 1. The molecule has 306 valence electrons. The van der Waals surface area contributed by atoms with Crippen molar-refractivity contribution in [2.24, 2.45) is 0 Å². The molecular formula is C43H82NO7P. The number of esters is 1. The Kier molecular flexibility index (Phi) is 35.5. The fraction of sp³-hybridized carbons (Fsp3) is 0.837. The second kappa shape index (κ2) is 36.5. The van der Waals surface area contributed by atoms with Crippen LogP contribution in [0.5, 0.6) is 0 Å². The van der Waals surface area contributed by atoms with Gasteiger partial charge in [-0.15, -0.1) is 0 Å². The maximum absolute atomic E-state index is 12.6. The first-order valence-corrected chi connectivity index (χ1v) is 22.7. The number of carbonyl (C=O) groups excluding carboxylic acids is 1. The van der Waals surface area contributed by atoms with Gasteiger partial charge in [-0.3, -0.25) is 9.36 Å². The zero-order valence-corrected chi connectivity index (χ0v) is 35.4. The van der Waals surface area contributed by atoms with Gasteiger partial charge in [0.05, 0.1) is 34.0 Å². The van der Waals surface area contributed by atoms with Gasteiger partial charge in [-0.05, 0) is 51.0 Å². The molecule has 9 heteroatoms. The molecule has 1 unspecified atom stereocenters. The van der Waals surface area contributed by atoms with E-state index in [-0.39, 0.29) is 32.2 Å². The molecule has 0 rings (SSSR count). The number of nitrogens with zero attached hydrogens (tertiary/aromatic N) is 1. The zero-order valence-electron chi connectivity index (χ0n) is 34.5. The van der Waals surface area contributed by atoms with Crippen LogP contribution in [0.15, 0.2) is 36.6 Å². The van der Waals surface area contributed by atoms with E-state index in [1.807, 2.05) is 27.2 Å². The highest BCUT2D eigenvalue weighted by Crippen LogP contribution is 2.38. The summed E-state index contributed by atoms with van der Waals surface area (Å²) in [7, 11) is 1.31. The number of phosphoric acid groups is 1. The number of rotatable bonds is 39. The minimum atomic E-state index is -4.54. The van der Waals surface area contributed by atoms with Gasteiger partial charge in [-0.25, -0.2) is 0 Å². The Bertz CT molecular complexity index is 931. The van der Waals surface area contributed by atoms with Crippen molar-refractivity contribution < 1.29 is 37.3 Å². The highest BCUT2D eigenvalue weighted by atomic mass is 31.2. The van der Waals surface area contributed by atoms with Crippen LogP contribution in [0.25, 0.3) is 0 Å². The van der Waals surface area contributed by atoms with E-state index in [1.54, 1.807) is 6.26 Å². The van der Waals surface area contributed by atoms with E-state index >= 15 is 0 Å². The maximum Gasteiger partial charge on any atom is 0.306 e. The summed E-state index contributed by atoms with van der Waals surface area (Å²) in [5, 5.41) is 0. The number of ether oxygens (including phenoxy) is 2. The molecule has 0 amide bonds. The average molecular weight is 756 g/mol. The SMILES string of the molecule is CCCC/C=C/C/C=C/CCCCCCCC(=O)O[C@H](CO/C=C/CCCCCCCCCCCCCCCC)COP(=O)([O-])OCC[N+](C)(C)C. The summed E-state index contributed by atoms with van der Waals surface area (Å²) in [5.41, 5.74) is 0. The molecule has 0 heterocycles. The molecule has 0 aromatic carbocycles. The van der Waals surface area contributed by atoms with E-state index in [9.17, 15) is 14.3 Å². The minimum absolute atomic E-state index is 0.0139. The fourth-order valence-electron chi connectivity index (χ4n) is 5.65. The van der Waals surface area contributed by atoms with Crippen molar-refractivity contribution >= 4 is 13.8 Å². The van der Waals surface area contributed by atoms with Crippen molar-refractivity contribution in [1.82, 2.24) is 0 Å². The maximum atomic E-state index is 12.6. The predicted octanol–water partition coefficient (Wildman–Crippen LogP) is 11.9. The third-order valence-corrected chi connectivity index (χ3v) is 9.97. The Morgan fingerprint density at radius 2 is 1.10 bits per heavy atom. The van der Waals surface area contributed by atoms with Crippen molar-refractivity contribution in [2.45, 2.75) is 187 Å². The van der Waals surface area contributed by atoms with Gasteiger partial charge >= 0.3 is 5.97 Å². The Balaban J connectivity index is 4.32. The predicted molar refractivity (Wildman–Crippen MR) is 217 cm³/mol. The highest BCUT2D eigenvalue weighted by Gasteiger charge is 2.20. The van der Waals surface area contributed by atoms with Gasteiger partial charge in [-0.1, -0.05) is 154 Å². The van der Waals surface area contributed by atoms with Crippen LogP contribution in [0.2, 0.25) is 0 Å². The smallest absolute Gasteiger partial charge is 0.306 e. The molecule has 0 saturated carbocycles. The molecule has 0 aliphatic carbocycles. The van der Waals surface area contributed by atoms with Crippen molar-refractivity contribution in [2.75, 3.05) is 47.5 Å². The van der Waals surface area contributed by atoms with Gasteiger partial charge in [0.1, 0.15) is 19.8 Å². The summed E-state index contributed by atoms with van der Waals surface area (Å²) in [6, 6.07) is 0. The number of likely N-dealkylation sites (N-methyl/N-ethyl adjacent to an activating group) is 1. The lowest BCUT2D eigenvalue weighted by molar-refractivity contribution is -0.870. The lowest BCUT2D eigenvalue weighted by Gasteiger charge is -2.28. The van der Waals surface area contributed by atoms with Crippen LogP contribution < -0.4 is 4.89 Å². The molecule has 0 fully saturated rings. The Labute approximate surface area is 321 Å². The van der Waals surface area contributed by atoms with E-state index in [1.165, 1.54) is 103 Å². The van der Waals surface area contributed by atoms with Gasteiger partial charge in [0.2, 0.25) is 0 Å². The van der Waals surface area contributed by atoms with Crippen molar-refractivity contribution in [3.8, 4) is 0 Å². The molecular weight excluding hydrogens is 673 g/mol. The molecule has 0 N–H and O–H groups in total. The number of allylic oxidation sites excluding steroid dienone is 5. The Hall–Kier alpha value is -1.44. The van der Waals surface area contributed by atoms with Crippen LogP contribution in [-0.2, 0) is 27.9 Å². The molecule has 0 aliphatic rings. The molecule has 0 aliphatic heterocycles. The van der Waals surface area contributed by atoms with Gasteiger partial charge in [-0.2, -0.15) is 0 Å². The first kappa shape index (κ1) is 50.6. The zero-order chi connectivity index (χ0) is 38.4. The molecule has 0 aromatic rings. The molecule has 52 heavy (non-hydrogen) atoms. The third-order valence-electron chi connectivity index (χ3n) is 9.01. The van der Waals surface area contributed by atoms with E-state index in [0.717, 1.165) is 57.8 Å². The lowest BCUT2D eigenvalue weighted by atomic mass is 10.0. The van der Waals surface area contributed by atoms with E-state index in [2.05, 4.69) is 38.2 Å². The number of quaternary nitrogens is 1. The van der Waals surface area contributed by atoms with Crippen molar-refractivity contribution in [1.29, 1.82) is 0 Å². The fourth-order valence-corrected chi connectivity index (χ4v) is 6.37. The number of hydrogen-bond acceptors (Lipinski definition) is 7. The molecule has 0 aromatic heterocycles. The van der Waals surface area contributed by atoms with Gasteiger partial charge in [0.15, 0.2) is 6.10 Å². The van der Waals surface area contributed by atoms with Crippen molar-refractivity contribution in [3.63, 3.8) is 0 Å². The topological polar surface area (TPSA) is 94.1 Å². The highest BCUT2D eigenvalue weighted by molar-refractivity contribution is 7.45. The van der Waals surface area contributed by atoms with Gasteiger partial charge in [0.25, 0.3) is 7.82 Å². The summed E-state index contributed by atoms with van der Waals surface area (Å²) >= 11 is 0. The summed E-state index contributed by atoms with van der Waals surface area (Å²) < 4.78 is 34.3. The number of hydrogen-bond donors (Lipinski definition) is 0. The second-order valence-electron chi connectivity index (χ2n) is 15.4. The summed E-state index contributed by atoms with van der Waals surface area (Å²) in [5.74, 6) is -0.370. The summed E-state index contributed by atoms with van der Waals surface area (Å²) in [6.07, 6.45) is 42.4. The third kappa shape index (κ3) is 39.8. The molecule has 0 radical (unpaired) electrons. The quantitative estimate of drug-likeness (QED) is 0.0154. The van der Waals surface area contributed by atoms with Crippen LogP contribution in [0.4, 0.5) is 0 Å². The van der Waals surface area contributed by atoms with E-state index in [0.29, 0.717) is 11.0 Å². The molecule has 0 spiro atoms. The normalized spacial score (nSPS) is 14.1. The van der Waals surface area contributed by atoms with Gasteiger partial charge in [0, 0.05) is 6.42 Å². The van der Waals surface area contributed by atoms with Crippen LogP contribution in [0.3, 0.4) is 0 Å². The lowest BCUT2D eigenvalue weighted by Crippen LogP contribution is -2.37. The Morgan fingerprint density at radius 3 is 1.63 bits per heavy atom. The second-order valence-corrected chi connectivity index (χ2v) is 16.8. The first-order valence-electron chi connectivity index (χ1n) is 21.3. The largest absolute Gasteiger partial charge is 0.756 e. The minimum Gasteiger partial charge on any atom is -0.756 e. The summed E-state index contributed by atoms with van der Waals surface area (Å²) in [6.45, 7) is 4.68. The standard InChI is InChI=1S/C43H82NO7P/c1-6-8-10-12-14-16-18-20-22-23-25-27-29-31-33-35-38-48-40-42(41-50-52(46,47)49-39-37-44(3,4)5)51-43(45)36-34-32-30-28-26-24-21-19-17-15-13-11-9-7-2/h13,15,19,21,35,38,42H,6-12,14,16-18,20,22-34,36-37,39-41H2,1-5H3/b15-13+,21-19+,38-35+/t42-/m1/s1. The molecule has 8 nitrogen and oxygen atoms in total. The van der Waals surface area contributed by atoms with Crippen LogP contribution >= 0.6 is 7.82 Å². The first-order chi connectivity index (χ1) is 25.1. The van der Waals surface area contributed by atoms with Crippen LogP contribution in [0, 0.1) is 0 Å². The van der Waals surface area contributed by atoms with Crippen LogP contribution in [-0.4, -0.2) is 64.1 Å². The van der Waals surface area contributed by atoms with Gasteiger partial charge < -0.3 is 27.9 Å². The van der Waals surface area contributed by atoms with Crippen LogP contribution in [0.1, 0.15) is 181 Å². The van der Waals surface area contributed by atoms with E-state index < -0.39 is 13.9 Å². The molecule has 0 bridgehead atoms. The van der Waals surface area contributed by atoms with E-state index in [4.69, 9.17) is 18.5 Å². The number of phosphoric ester groups is 1. The van der Waals surface area contributed by atoms with Crippen molar-refractivity contribution in [3.05, 3.63) is 36.6 Å². The Morgan fingerprint density at radius 1 is 0.615 bits per heavy atom. The summed E-state index contributed by atoms with van der Waals surface area (Å²) in [4.78, 5) is 25.0. The molecule has 0 saturated heterocycles. The average Bonchev–Trinajstić information content (AvgIpc) is 3.09. The monoisotopic (exact) mass is 756 g/mol.